The zero-order chi connectivity index (χ0) is 23.1. The van der Waals surface area contributed by atoms with Crippen molar-refractivity contribution in [1.29, 1.82) is 0 Å². The monoisotopic (exact) mass is 451 g/mol. The second-order valence-electron chi connectivity index (χ2n) is 7.85. The van der Waals surface area contributed by atoms with Gasteiger partial charge in [-0.15, -0.1) is 10.2 Å². The van der Waals surface area contributed by atoms with E-state index >= 15 is 0 Å². The highest BCUT2D eigenvalue weighted by Gasteiger charge is 2.25. The van der Waals surface area contributed by atoms with E-state index in [1.54, 1.807) is 12.1 Å². The molecule has 0 saturated heterocycles. The summed E-state index contributed by atoms with van der Waals surface area (Å²) in [6.45, 7) is 6.14. The lowest BCUT2D eigenvalue weighted by Crippen LogP contribution is -2.33. The number of rotatable bonds is 9. The first-order valence-corrected chi connectivity index (χ1v) is 11.6. The summed E-state index contributed by atoms with van der Waals surface area (Å²) in [6, 6.07) is 16.6. The molecule has 0 spiro atoms. The van der Waals surface area contributed by atoms with Crippen LogP contribution in [0.3, 0.4) is 0 Å². The lowest BCUT2D eigenvalue weighted by Gasteiger charge is -2.21. The van der Waals surface area contributed by atoms with Gasteiger partial charge in [0.1, 0.15) is 0 Å². The minimum Gasteiger partial charge on any atom is -0.342 e. The van der Waals surface area contributed by atoms with E-state index < -0.39 is 0 Å². The van der Waals surface area contributed by atoms with Gasteiger partial charge in [-0.05, 0) is 42.2 Å². The average Bonchev–Trinajstić information content (AvgIpc) is 3.16. The van der Waals surface area contributed by atoms with E-state index in [0.717, 1.165) is 12.1 Å². The molecule has 8 heteroatoms. The first-order valence-electron chi connectivity index (χ1n) is 10.7. The highest BCUT2D eigenvalue weighted by molar-refractivity contribution is 7.99. The molecule has 0 aliphatic carbocycles. The Bertz CT molecular complexity index is 1050. The van der Waals surface area contributed by atoms with E-state index in [-0.39, 0.29) is 29.5 Å². The SMILES string of the molecule is CCc1ccc(NC(=O)CSc2nnc([C@H](NC(=O)c3ccccc3)C(C)C)n2C)cc1. The fourth-order valence-electron chi connectivity index (χ4n) is 3.22. The summed E-state index contributed by atoms with van der Waals surface area (Å²) in [6.07, 6.45) is 0.960. The number of nitrogens with zero attached hydrogens (tertiary/aromatic N) is 3. The van der Waals surface area contributed by atoms with Crippen molar-refractivity contribution >= 4 is 29.3 Å². The summed E-state index contributed by atoms with van der Waals surface area (Å²) in [4.78, 5) is 25.0. The third-order valence-corrected chi connectivity index (χ3v) is 6.13. The van der Waals surface area contributed by atoms with Crippen molar-refractivity contribution in [2.24, 2.45) is 13.0 Å². The molecule has 1 aromatic heterocycles. The van der Waals surface area contributed by atoms with Crippen LogP contribution in [0.25, 0.3) is 0 Å². The van der Waals surface area contributed by atoms with Gasteiger partial charge in [-0.1, -0.05) is 62.9 Å². The molecule has 0 aliphatic rings. The van der Waals surface area contributed by atoms with E-state index in [2.05, 4.69) is 27.8 Å². The first kappa shape index (κ1) is 23.5. The van der Waals surface area contributed by atoms with Crippen molar-refractivity contribution in [3.63, 3.8) is 0 Å². The summed E-state index contributed by atoms with van der Waals surface area (Å²) in [5.41, 5.74) is 2.59. The highest BCUT2D eigenvalue weighted by Crippen LogP contribution is 2.24. The number of aromatic nitrogens is 3. The number of hydrogen-bond donors (Lipinski definition) is 2. The predicted molar refractivity (Wildman–Crippen MR) is 128 cm³/mol. The van der Waals surface area contributed by atoms with Gasteiger partial charge in [0, 0.05) is 18.3 Å². The second-order valence-corrected chi connectivity index (χ2v) is 8.79. The lowest BCUT2D eigenvalue weighted by atomic mass is 10.0. The quantitative estimate of drug-likeness (QED) is 0.475. The van der Waals surface area contributed by atoms with Gasteiger partial charge in [0.2, 0.25) is 5.91 Å². The maximum atomic E-state index is 12.7. The summed E-state index contributed by atoms with van der Waals surface area (Å²) in [5.74, 6) is 0.709. The third kappa shape index (κ3) is 5.97. The van der Waals surface area contributed by atoms with Gasteiger partial charge in [-0.25, -0.2) is 0 Å². The molecule has 0 bridgehead atoms. The summed E-state index contributed by atoms with van der Waals surface area (Å²) in [5, 5.41) is 15.1. The number of carbonyl (C=O) groups is 2. The standard InChI is InChI=1S/C24H29N5O2S/c1-5-17-11-13-19(14-12-17)25-20(30)15-32-24-28-27-22(29(24)4)21(16(2)3)26-23(31)18-9-7-6-8-10-18/h6-14,16,21H,5,15H2,1-4H3,(H,25,30)(H,26,31)/t21-/m1/s1. The molecule has 0 fully saturated rings. The maximum Gasteiger partial charge on any atom is 0.251 e. The fourth-order valence-corrected chi connectivity index (χ4v) is 3.94. The van der Waals surface area contributed by atoms with Gasteiger partial charge in [0.05, 0.1) is 11.8 Å². The van der Waals surface area contributed by atoms with Crippen LogP contribution in [0.1, 0.15) is 48.6 Å². The number of hydrogen-bond acceptors (Lipinski definition) is 5. The third-order valence-electron chi connectivity index (χ3n) is 5.11. The first-order chi connectivity index (χ1) is 15.4. The van der Waals surface area contributed by atoms with Gasteiger partial charge in [0.25, 0.3) is 5.91 Å². The fraction of sp³-hybridized carbons (Fsp3) is 0.333. The van der Waals surface area contributed by atoms with Gasteiger partial charge in [0.15, 0.2) is 11.0 Å². The number of nitrogens with one attached hydrogen (secondary N) is 2. The molecule has 168 valence electrons. The van der Waals surface area contributed by atoms with Crippen LogP contribution >= 0.6 is 11.8 Å². The number of thioether (sulfide) groups is 1. The minimum atomic E-state index is -0.305. The molecule has 1 atom stereocenters. The minimum absolute atomic E-state index is 0.109. The Morgan fingerprint density at radius 3 is 2.34 bits per heavy atom. The Morgan fingerprint density at radius 2 is 1.72 bits per heavy atom. The average molecular weight is 452 g/mol. The summed E-state index contributed by atoms with van der Waals surface area (Å²) >= 11 is 1.31. The topological polar surface area (TPSA) is 88.9 Å². The lowest BCUT2D eigenvalue weighted by molar-refractivity contribution is -0.113. The molecule has 0 unspecified atom stereocenters. The number of amides is 2. The Kier molecular flexibility index (Phi) is 8.05. The van der Waals surface area contributed by atoms with Crippen LogP contribution in [-0.4, -0.2) is 32.3 Å². The number of anilines is 1. The van der Waals surface area contributed by atoms with E-state index in [9.17, 15) is 9.59 Å². The molecule has 7 nitrogen and oxygen atoms in total. The van der Waals surface area contributed by atoms with Crippen LogP contribution in [-0.2, 0) is 18.3 Å². The van der Waals surface area contributed by atoms with Crippen molar-refractivity contribution in [2.45, 2.75) is 38.4 Å². The van der Waals surface area contributed by atoms with Crippen LogP contribution in [0.5, 0.6) is 0 Å². The molecule has 2 aromatic carbocycles. The maximum absolute atomic E-state index is 12.7. The van der Waals surface area contributed by atoms with Gasteiger partial charge in [-0.3, -0.25) is 9.59 Å². The molecule has 2 N–H and O–H groups in total. The normalized spacial score (nSPS) is 11.9. The number of carbonyl (C=O) groups excluding carboxylic acids is 2. The summed E-state index contributed by atoms with van der Waals surface area (Å²) in [7, 11) is 1.85. The number of benzene rings is 2. The molecular weight excluding hydrogens is 422 g/mol. The molecular formula is C24H29N5O2S. The van der Waals surface area contributed by atoms with Crippen LogP contribution in [0, 0.1) is 5.92 Å². The van der Waals surface area contributed by atoms with Crippen molar-refractivity contribution in [1.82, 2.24) is 20.1 Å². The van der Waals surface area contributed by atoms with E-state index in [0.29, 0.717) is 16.5 Å². The van der Waals surface area contributed by atoms with Crippen molar-refractivity contribution < 1.29 is 9.59 Å². The van der Waals surface area contributed by atoms with Crippen LogP contribution in [0.2, 0.25) is 0 Å². The van der Waals surface area contributed by atoms with Crippen molar-refractivity contribution in [3.8, 4) is 0 Å². The number of aryl methyl sites for hydroxylation is 1. The Labute approximate surface area is 193 Å². The molecule has 2 amide bonds. The van der Waals surface area contributed by atoms with Crippen molar-refractivity contribution in [3.05, 3.63) is 71.5 Å². The Morgan fingerprint density at radius 1 is 1.03 bits per heavy atom. The van der Waals surface area contributed by atoms with Crippen LogP contribution in [0.4, 0.5) is 5.69 Å². The predicted octanol–water partition coefficient (Wildman–Crippen LogP) is 4.24. The highest BCUT2D eigenvalue weighted by atomic mass is 32.2. The molecule has 32 heavy (non-hydrogen) atoms. The van der Waals surface area contributed by atoms with Crippen molar-refractivity contribution in [2.75, 3.05) is 11.1 Å². The second kappa shape index (κ2) is 10.9. The molecule has 0 saturated carbocycles. The zero-order valence-corrected chi connectivity index (χ0v) is 19.6. The van der Waals surface area contributed by atoms with E-state index in [1.165, 1.54) is 17.3 Å². The smallest absolute Gasteiger partial charge is 0.251 e. The Hall–Kier alpha value is -3.13. The van der Waals surface area contributed by atoms with Gasteiger partial charge < -0.3 is 15.2 Å². The van der Waals surface area contributed by atoms with Crippen LogP contribution < -0.4 is 10.6 Å². The van der Waals surface area contributed by atoms with Crippen LogP contribution in [0.15, 0.2) is 59.8 Å². The van der Waals surface area contributed by atoms with Gasteiger partial charge in [-0.2, -0.15) is 0 Å². The molecule has 3 aromatic rings. The summed E-state index contributed by atoms with van der Waals surface area (Å²) < 4.78 is 1.84. The molecule has 0 radical (unpaired) electrons. The van der Waals surface area contributed by atoms with E-state index in [1.807, 2.05) is 67.9 Å². The van der Waals surface area contributed by atoms with E-state index in [4.69, 9.17) is 0 Å². The van der Waals surface area contributed by atoms with Gasteiger partial charge >= 0.3 is 0 Å². The molecule has 0 aliphatic heterocycles. The molecule has 3 rings (SSSR count). The zero-order valence-electron chi connectivity index (χ0n) is 18.8. The molecule has 1 heterocycles. The Balaban J connectivity index is 1.63. The largest absolute Gasteiger partial charge is 0.342 e.